The average molecular weight is 330 g/mol. The van der Waals surface area contributed by atoms with Gasteiger partial charge in [-0.15, -0.1) is 0 Å². The van der Waals surface area contributed by atoms with Gasteiger partial charge in [0, 0.05) is 12.0 Å². The smallest absolute Gasteiger partial charge is 0.315 e. The van der Waals surface area contributed by atoms with Crippen molar-refractivity contribution in [3.8, 4) is 0 Å². The summed E-state index contributed by atoms with van der Waals surface area (Å²) in [6.45, 7) is 10.6. The number of hydrogen-bond acceptors (Lipinski definition) is 2. The van der Waals surface area contributed by atoms with Gasteiger partial charge in [-0.05, 0) is 50.8 Å². The van der Waals surface area contributed by atoms with Gasteiger partial charge in [0.25, 0.3) is 0 Å². The molecule has 0 heterocycles. The summed E-state index contributed by atoms with van der Waals surface area (Å²) in [6, 6.07) is 7.89. The van der Waals surface area contributed by atoms with Crippen LogP contribution in [-0.2, 0) is 5.54 Å². The Hall–Kier alpha value is -1.81. The molecular weight excluding hydrogens is 300 g/mol. The first kappa shape index (κ1) is 18.5. The topological polar surface area (TPSA) is 61.4 Å². The second kappa shape index (κ2) is 7.39. The van der Waals surface area contributed by atoms with Gasteiger partial charge in [0.05, 0.1) is 12.1 Å². The summed E-state index contributed by atoms with van der Waals surface area (Å²) in [5, 5.41) is 15.6. The van der Waals surface area contributed by atoms with Gasteiger partial charge in [-0.3, -0.25) is 0 Å². The van der Waals surface area contributed by atoms with Gasteiger partial charge in [-0.25, -0.2) is 4.79 Å². The molecular formula is C20H30N2O2. The summed E-state index contributed by atoms with van der Waals surface area (Å²) in [5.74, 6) is 0. The standard InChI is InChI=1S/C20H30N2O2/c1-15(2)16-8-7-9-17(12-16)19(3,4)22-18(24)21-13-20(14-23)10-5-6-11-20/h7-9,12,23H,1,5-6,10-11,13-14H2,2-4H3,(H2,21,22,24). The Balaban J connectivity index is 1.99. The molecule has 0 spiro atoms. The van der Waals surface area contributed by atoms with Gasteiger partial charge in [-0.1, -0.05) is 43.2 Å². The molecule has 0 aromatic heterocycles. The van der Waals surface area contributed by atoms with E-state index in [1.807, 2.05) is 39.0 Å². The predicted molar refractivity (Wildman–Crippen MR) is 98.7 cm³/mol. The minimum atomic E-state index is -0.488. The first-order valence-corrected chi connectivity index (χ1v) is 8.71. The Morgan fingerprint density at radius 3 is 2.58 bits per heavy atom. The molecule has 1 saturated carbocycles. The zero-order valence-corrected chi connectivity index (χ0v) is 15.1. The molecule has 0 atom stereocenters. The van der Waals surface area contributed by atoms with Crippen LogP contribution in [-0.4, -0.2) is 24.3 Å². The molecule has 2 amide bonds. The van der Waals surface area contributed by atoms with Crippen molar-refractivity contribution in [2.45, 2.75) is 52.0 Å². The molecule has 132 valence electrons. The van der Waals surface area contributed by atoms with E-state index in [0.29, 0.717) is 6.54 Å². The van der Waals surface area contributed by atoms with Gasteiger partial charge in [-0.2, -0.15) is 0 Å². The van der Waals surface area contributed by atoms with Crippen LogP contribution in [0.5, 0.6) is 0 Å². The fraction of sp³-hybridized carbons (Fsp3) is 0.550. The monoisotopic (exact) mass is 330 g/mol. The number of nitrogens with one attached hydrogen (secondary N) is 2. The predicted octanol–water partition coefficient (Wildman–Crippen LogP) is 3.81. The van der Waals surface area contributed by atoms with Crippen molar-refractivity contribution in [1.29, 1.82) is 0 Å². The minimum absolute atomic E-state index is 0.136. The van der Waals surface area contributed by atoms with Gasteiger partial charge in [0.1, 0.15) is 0 Å². The number of rotatable bonds is 6. The third-order valence-electron chi connectivity index (χ3n) is 5.13. The van der Waals surface area contributed by atoms with E-state index in [9.17, 15) is 9.90 Å². The summed E-state index contributed by atoms with van der Waals surface area (Å²) in [6.07, 6.45) is 4.22. The highest BCUT2D eigenvalue weighted by atomic mass is 16.3. The number of aliphatic hydroxyl groups is 1. The highest BCUT2D eigenvalue weighted by molar-refractivity contribution is 5.75. The average Bonchev–Trinajstić information content (AvgIpc) is 3.02. The Morgan fingerprint density at radius 2 is 2.00 bits per heavy atom. The van der Waals surface area contributed by atoms with Crippen molar-refractivity contribution < 1.29 is 9.90 Å². The molecule has 3 N–H and O–H groups in total. The number of benzene rings is 1. The van der Waals surface area contributed by atoms with Crippen LogP contribution in [0.3, 0.4) is 0 Å². The van der Waals surface area contributed by atoms with Crippen LogP contribution in [0.1, 0.15) is 57.6 Å². The van der Waals surface area contributed by atoms with E-state index < -0.39 is 5.54 Å². The summed E-state index contributed by atoms with van der Waals surface area (Å²) in [5.41, 5.74) is 2.49. The summed E-state index contributed by atoms with van der Waals surface area (Å²) < 4.78 is 0. The summed E-state index contributed by atoms with van der Waals surface area (Å²) in [7, 11) is 0. The SMILES string of the molecule is C=C(C)c1cccc(C(C)(C)NC(=O)NCC2(CO)CCCC2)c1. The molecule has 1 aromatic rings. The van der Waals surface area contributed by atoms with Gasteiger partial charge < -0.3 is 15.7 Å². The lowest BCUT2D eigenvalue weighted by Crippen LogP contribution is -2.49. The van der Waals surface area contributed by atoms with E-state index in [2.05, 4.69) is 23.3 Å². The van der Waals surface area contributed by atoms with E-state index in [1.54, 1.807) is 0 Å². The first-order chi connectivity index (χ1) is 11.3. The van der Waals surface area contributed by atoms with Crippen molar-refractivity contribution in [3.63, 3.8) is 0 Å². The number of urea groups is 1. The zero-order chi connectivity index (χ0) is 17.8. The second-order valence-corrected chi connectivity index (χ2v) is 7.66. The fourth-order valence-electron chi connectivity index (χ4n) is 3.36. The van der Waals surface area contributed by atoms with Crippen molar-refractivity contribution in [3.05, 3.63) is 42.0 Å². The molecule has 1 aromatic carbocycles. The highest BCUT2D eigenvalue weighted by Gasteiger charge is 2.34. The molecule has 2 rings (SSSR count). The van der Waals surface area contributed by atoms with Gasteiger partial charge >= 0.3 is 6.03 Å². The highest BCUT2D eigenvalue weighted by Crippen LogP contribution is 2.36. The minimum Gasteiger partial charge on any atom is -0.396 e. The van der Waals surface area contributed by atoms with Crippen LogP contribution in [0.15, 0.2) is 30.8 Å². The van der Waals surface area contributed by atoms with Crippen molar-refractivity contribution >= 4 is 11.6 Å². The maximum atomic E-state index is 12.3. The number of carbonyl (C=O) groups excluding carboxylic acids is 1. The molecule has 1 aliphatic carbocycles. The van der Waals surface area contributed by atoms with Gasteiger partial charge in [0.15, 0.2) is 0 Å². The van der Waals surface area contributed by atoms with Crippen LogP contribution in [0, 0.1) is 5.41 Å². The number of aliphatic hydroxyl groups excluding tert-OH is 1. The van der Waals surface area contributed by atoms with Crippen molar-refractivity contribution in [1.82, 2.24) is 10.6 Å². The third kappa shape index (κ3) is 4.38. The Kier molecular flexibility index (Phi) is 5.70. The fourth-order valence-corrected chi connectivity index (χ4v) is 3.36. The van der Waals surface area contributed by atoms with E-state index in [1.165, 1.54) is 0 Å². The molecule has 24 heavy (non-hydrogen) atoms. The molecule has 0 aliphatic heterocycles. The lowest BCUT2D eigenvalue weighted by molar-refractivity contribution is 0.129. The van der Waals surface area contributed by atoms with E-state index >= 15 is 0 Å². The molecule has 0 saturated heterocycles. The lowest BCUT2D eigenvalue weighted by Gasteiger charge is -2.30. The molecule has 0 unspecified atom stereocenters. The number of hydrogen-bond donors (Lipinski definition) is 3. The van der Waals surface area contributed by atoms with Crippen LogP contribution < -0.4 is 10.6 Å². The van der Waals surface area contributed by atoms with Crippen molar-refractivity contribution in [2.24, 2.45) is 5.41 Å². The largest absolute Gasteiger partial charge is 0.396 e. The Labute approximate surface area is 145 Å². The maximum Gasteiger partial charge on any atom is 0.315 e. The Morgan fingerprint density at radius 1 is 1.33 bits per heavy atom. The third-order valence-corrected chi connectivity index (χ3v) is 5.13. The quantitative estimate of drug-likeness (QED) is 0.743. The van der Waals surface area contributed by atoms with Crippen LogP contribution in [0.25, 0.3) is 5.57 Å². The van der Waals surface area contributed by atoms with E-state index in [4.69, 9.17) is 0 Å². The molecule has 4 heteroatoms. The van der Waals surface area contributed by atoms with Crippen molar-refractivity contribution in [2.75, 3.05) is 13.2 Å². The molecule has 0 radical (unpaired) electrons. The molecule has 4 nitrogen and oxygen atoms in total. The normalized spacial score (nSPS) is 16.7. The summed E-state index contributed by atoms with van der Waals surface area (Å²) in [4.78, 5) is 12.3. The van der Waals surface area contributed by atoms with E-state index in [0.717, 1.165) is 42.4 Å². The molecule has 1 aliphatic rings. The number of carbonyl (C=O) groups is 1. The molecule has 0 bridgehead atoms. The van der Waals surface area contributed by atoms with Crippen LogP contribution in [0.2, 0.25) is 0 Å². The maximum absolute atomic E-state index is 12.3. The Bertz CT molecular complexity index is 601. The van der Waals surface area contributed by atoms with Crippen LogP contribution >= 0.6 is 0 Å². The molecule has 1 fully saturated rings. The van der Waals surface area contributed by atoms with Crippen LogP contribution in [0.4, 0.5) is 4.79 Å². The second-order valence-electron chi connectivity index (χ2n) is 7.66. The zero-order valence-electron chi connectivity index (χ0n) is 15.1. The summed E-state index contributed by atoms with van der Waals surface area (Å²) >= 11 is 0. The van der Waals surface area contributed by atoms with Gasteiger partial charge in [0.2, 0.25) is 0 Å². The van der Waals surface area contributed by atoms with E-state index in [-0.39, 0.29) is 18.1 Å². The number of allylic oxidation sites excluding steroid dienone is 1. The first-order valence-electron chi connectivity index (χ1n) is 8.71. The lowest BCUT2D eigenvalue weighted by atomic mass is 9.87. The number of amides is 2.